The van der Waals surface area contributed by atoms with Crippen LogP contribution in [0.15, 0.2) is 41.1 Å². The van der Waals surface area contributed by atoms with Gasteiger partial charge in [-0.2, -0.15) is 11.3 Å². The van der Waals surface area contributed by atoms with Crippen LogP contribution >= 0.6 is 11.3 Å². The van der Waals surface area contributed by atoms with Crippen molar-refractivity contribution in [1.29, 1.82) is 0 Å². The summed E-state index contributed by atoms with van der Waals surface area (Å²) < 4.78 is 0. The van der Waals surface area contributed by atoms with Crippen LogP contribution in [0.25, 0.3) is 0 Å². The van der Waals surface area contributed by atoms with Gasteiger partial charge in [-0.05, 0) is 52.9 Å². The molecule has 1 N–H and O–H groups in total. The first kappa shape index (κ1) is 13.3. The molecule has 2 unspecified atom stereocenters. The number of thiophene rings is 1. The van der Waals surface area contributed by atoms with Crippen molar-refractivity contribution in [1.82, 2.24) is 5.32 Å². The molecule has 0 radical (unpaired) electrons. The summed E-state index contributed by atoms with van der Waals surface area (Å²) in [6.45, 7) is 4.52. The summed E-state index contributed by atoms with van der Waals surface area (Å²) in [7, 11) is 2.02. The number of hydrogen-bond acceptors (Lipinski definition) is 2. The largest absolute Gasteiger partial charge is 0.309 e. The molecule has 2 atom stereocenters. The number of benzene rings is 1. The smallest absolute Gasteiger partial charge is 0.0582 e. The van der Waals surface area contributed by atoms with E-state index in [-0.39, 0.29) is 0 Å². The molecule has 1 aromatic carbocycles. The van der Waals surface area contributed by atoms with Gasteiger partial charge in [-0.15, -0.1) is 0 Å². The van der Waals surface area contributed by atoms with Crippen molar-refractivity contribution in [3.63, 3.8) is 0 Å². The van der Waals surface area contributed by atoms with Crippen LogP contribution in [0.5, 0.6) is 0 Å². The van der Waals surface area contributed by atoms with E-state index >= 15 is 0 Å². The molecule has 0 amide bonds. The summed E-state index contributed by atoms with van der Waals surface area (Å²) in [5.74, 6) is 0.647. The normalized spacial score (nSPS) is 14.4. The molecule has 0 fully saturated rings. The first-order valence-electron chi connectivity index (χ1n) is 6.55. The summed E-state index contributed by atoms with van der Waals surface area (Å²) in [5, 5.41) is 7.73. The van der Waals surface area contributed by atoms with Crippen molar-refractivity contribution in [2.75, 3.05) is 7.05 Å². The first-order chi connectivity index (χ1) is 8.76. The zero-order chi connectivity index (χ0) is 13.0. The molecule has 18 heavy (non-hydrogen) atoms. The SMILES string of the molecule is CCC(C)c1ccc(C(NC)c2ccsc2)cc1. The third-order valence-corrected chi connectivity index (χ3v) is 4.32. The summed E-state index contributed by atoms with van der Waals surface area (Å²) in [6.07, 6.45) is 1.19. The van der Waals surface area contributed by atoms with E-state index in [4.69, 9.17) is 0 Å². The molecule has 96 valence electrons. The molecule has 1 heterocycles. The zero-order valence-corrected chi connectivity index (χ0v) is 12.1. The monoisotopic (exact) mass is 259 g/mol. The van der Waals surface area contributed by atoms with Crippen molar-refractivity contribution in [2.45, 2.75) is 32.2 Å². The van der Waals surface area contributed by atoms with Crippen LogP contribution in [0.3, 0.4) is 0 Å². The Morgan fingerprint density at radius 1 is 1.06 bits per heavy atom. The lowest BCUT2D eigenvalue weighted by molar-refractivity contribution is 0.690. The fourth-order valence-electron chi connectivity index (χ4n) is 2.22. The quantitative estimate of drug-likeness (QED) is 0.829. The standard InChI is InChI=1S/C16H21NS/c1-4-12(2)13-5-7-14(8-6-13)16(17-3)15-9-10-18-11-15/h5-12,16-17H,4H2,1-3H3. The topological polar surface area (TPSA) is 12.0 Å². The minimum absolute atomic E-state index is 0.308. The maximum atomic E-state index is 3.39. The highest BCUT2D eigenvalue weighted by atomic mass is 32.1. The molecule has 2 rings (SSSR count). The van der Waals surface area contributed by atoms with Crippen molar-refractivity contribution < 1.29 is 0 Å². The zero-order valence-electron chi connectivity index (χ0n) is 11.3. The highest BCUT2D eigenvalue weighted by Gasteiger charge is 2.12. The van der Waals surface area contributed by atoms with Gasteiger partial charge in [0, 0.05) is 0 Å². The fraction of sp³-hybridized carbons (Fsp3) is 0.375. The minimum atomic E-state index is 0.308. The summed E-state index contributed by atoms with van der Waals surface area (Å²) in [5.41, 5.74) is 4.11. The summed E-state index contributed by atoms with van der Waals surface area (Å²) in [4.78, 5) is 0. The van der Waals surface area contributed by atoms with Crippen molar-refractivity contribution in [3.8, 4) is 0 Å². The predicted octanol–water partition coefficient (Wildman–Crippen LogP) is 4.57. The van der Waals surface area contributed by atoms with Gasteiger partial charge in [0.1, 0.15) is 0 Å². The van der Waals surface area contributed by atoms with E-state index in [1.165, 1.54) is 23.1 Å². The van der Waals surface area contributed by atoms with Crippen molar-refractivity contribution in [2.24, 2.45) is 0 Å². The van der Waals surface area contributed by atoms with Crippen LogP contribution in [-0.2, 0) is 0 Å². The Hall–Kier alpha value is -1.12. The van der Waals surface area contributed by atoms with Gasteiger partial charge in [0.2, 0.25) is 0 Å². The van der Waals surface area contributed by atoms with Gasteiger partial charge < -0.3 is 5.32 Å². The lowest BCUT2D eigenvalue weighted by Gasteiger charge is -2.17. The van der Waals surface area contributed by atoms with Crippen LogP contribution in [0, 0.1) is 0 Å². The summed E-state index contributed by atoms with van der Waals surface area (Å²) >= 11 is 1.75. The molecule has 1 aromatic heterocycles. The van der Waals surface area contributed by atoms with Crippen LogP contribution in [0.4, 0.5) is 0 Å². The number of nitrogens with one attached hydrogen (secondary N) is 1. The molecule has 0 aliphatic heterocycles. The summed E-state index contributed by atoms with van der Waals surface area (Å²) in [6, 6.07) is 11.5. The van der Waals surface area contributed by atoms with Crippen LogP contribution in [0.2, 0.25) is 0 Å². The first-order valence-corrected chi connectivity index (χ1v) is 7.49. The molecular formula is C16H21NS. The van der Waals surface area contributed by atoms with E-state index in [9.17, 15) is 0 Å². The molecule has 1 nitrogen and oxygen atoms in total. The molecule has 0 aliphatic carbocycles. The second-order valence-corrected chi connectivity index (χ2v) is 5.53. The Balaban J connectivity index is 2.22. The predicted molar refractivity (Wildman–Crippen MR) is 80.4 cm³/mol. The Morgan fingerprint density at radius 2 is 1.72 bits per heavy atom. The van der Waals surface area contributed by atoms with Crippen molar-refractivity contribution in [3.05, 3.63) is 57.8 Å². The third-order valence-electron chi connectivity index (χ3n) is 3.62. The van der Waals surface area contributed by atoms with E-state index in [2.05, 4.69) is 60.3 Å². The lowest BCUT2D eigenvalue weighted by Crippen LogP contribution is -2.16. The van der Waals surface area contributed by atoms with Crippen molar-refractivity contribution >= 4 is 11.3 Å². The molecule has 0 saturated heterocycles. The lowest BCUT2D eigenvalue weighted by atomic mass is 9.94. The second-order valence-electron chi connectivity index (χ2n) is 4.75. The Morgan fingerprint density at radius 3 is 2.22 bits per heavy atom. The maximum Gasteiger partial charge on any atom is 0.0582 e. The fourth-order valence-corrected chi connectivity index (χ4v) is 2.90. The van der Waals surface area contributed by atoms with Gasteiger partial charge in [0.05, 0.1) is 6.04 Å². The Labute approximate surface area is 114 Å². The van der Waals surface area contributed by atoms with Gasteiger partial charge in [-0.3, -0.25) is 0 Å². The molecular weight excluding hydrogens is 238 g/mol. The molecule has 0 bridgehead atoms. The van der Waals surface area contributed by atoms with E-state index in [0.29, 0.717) is 12.0 Å². The van der Waals surface area contributed by atoms with Gasteiger partial charge in [0.15, 0.2) is 0 Å². The van der Waals surface area contributed by atoms with Gasteiger partial charge in [-0.25, -0.2) is 0 Å². The molecule has 2 aromatic rings. The molecule has 2 heteroatoms. The maximum absolute atomic E-state index is 3.39. The van der Waals surface area contributed by atoms with Crippen LogP contribution < -0.4 is 5.32 Å². The van der Waals surface area contributed by atoms with E-state index in [1.54, 1.807) is 11.3 Å². The molecule has 0 saturated carbocycles. The van der Waals surface area contributed by atoms with E-state index in [0.717, 1.165) is 0 Å². The average Bonchev–Trinajstić information content (AvgIpc) is 2.93. The number of rotatable bonds is 5. The highest BCUT2D eigenvalue weighted by Crippen LogP contribution is 2.26. The molecule has 0 aliphatic rings. The highest BCUT2D eigenvalue weighted by molar-refractivity contribution is 7.08. The number of hydrogen-bond donors (Lipinski definition) is 1. The third kappa shape index (κ3) is 2.82. The van der Waals surface area contributed by atoms with Gasteiger partial charge in [-0.1, -0.05) is 38.1 Å². The second kappa shape index (κ2) is 6.17. The van der Waals surface area contributed by atoms with Gasteiger partial charge in [0.25, 0.3) is 0 Å². The van der Waals surface area contributed by atoms with E-state index < -0.39 is 0 Å². The van der Waals surface area contributed by atoms with Crippen LogP contribution in [-0.4, -0.2) is 7.05 Å². The van der Waals surface area contributed by atoms with Crippen LogP contribution in [0.1, 0.15) is 48.9 Å². The average molecular weight is 259 g/mol. The van der Waals surface area contributed by atoms with E-state index in [1.807, 2.05) is 7.05 Å². The molecule has 0 spiro atoms. The minimum Gasteiger partial charge on any atom is -0.309 e. The Kier molecular flexibility index (Phi) is 4.56. The van der Waals surface area contributed by atoms with Gasteiger partial charge >= 0.3 is 0 Å². The Bertz CT molecular complexity index is 458.